The van der Waals surface area contributed by atoms with Crippen molar-refractivity contribution in [2.45, 2.75) is 31.3 Å². The Morgan fingerprint density at radius 3 is 2.50 bits per heavy atom. The highest BCUT2D eigenvalue weighted by atomic mass is 19.1. The fourth-order valence-electron chi connectivity index (χ4n) is 4.37. The summed E-state index contributed by atoms with van der Waals surface area (Å²) in [4.78, 5) is 31.1. The molecule has 5 rings (SSSR count). The molecule has 0 unspecified atom stereocenters. The van der Waals surface area contributed by atoms with Gasteiger partial charge in [0, 0.05) is 25.0 Å². The Labute approximate surface area is 196 Å². The lowest BCUT2D eigenvalue weighted by Crippen LogP contribution is -2.55. The second-order valence-corrected chi connectivity index (χ2v) is 9.06. The Bertz CT molecular complexity index is 1250. The second kappa shape index (κ2) is 8.44. The minimum atomic E-state index is -0.976. The molecule has 8 heteroatoms. The van der Waals surface area contributed by atoms with Gasteiger partial charge in [-0.05, 0) is 67.3 Å². The predicted octanol–water partition coefficient (Wildman–Crippen LogP) is 3.95. The minimum absolute atomic E-state index is 0.128. The molecule has 34 heavy (non-hydrogen) atoms. The first-order valence-electron chi connectivity index (χ1n) is 11.2. The summed E-state index contributed by atoms with van der Waals surface area (Å²) in [7, 11) is 0. The highest BCUT2D eigenvalue weighted by Gasteiger charge is 2.46. The molecule has 2 heterocycles. The number of carbonyl (C=O) groups is 2. The number of carbonyl (C=O) groups excluding carboxylic acids is 1. The number of carboxylic acid groups (broad SMARTS) is 1. The summed E-state index contributed by atoms with van der Waals surface area (Å²) in [5.74, 6) is -0.840. The van der Waals surface area contributed by atoms with Crippen molar-refractivity contribution >= 4 is 23.4 Å². The number of nitrogens with zero attached hydrogens (tertiary/aromatic N) is 2. The van der Waals surface area contributed by atoms with Crippen LogP contribution in [0.15, 0.2) is 60.8 Å². The first-order valence-corrected chi connectivity index (χ1v) is 11.2. The van der Waals surface area contributed by atoms with E-state index in [1.54, 1.807) is 36.5 Å². The molecule has 2 aliphatic rings. The summed E-state index contributed by atoms with van der Waals surface area (Å²) in [6.45, 7) is 3.19. The highest BCUT2D eigenvalue weighted by molar-refractivity contribution is 6.00. The van der Waals surface area contributed by atoms with Crippen LogP contribution in [0.25, 0.3) is 0 Å². The van der Waals surface area contributed by atoms with Crippen molar-refractivity contribution in [3.63, 3.8) is 0 Å². The van der Waals surface area contributed by atoms with E-state index in [4.69, 9.17) is 5.11 Å². The number of aromatic carboxylic acids is 1. The van der Waals surface area contributed by atoms with Crippen LogP contribution in [0, 0.1) is 12.7 Å². The molecular formula is C26H25FN4O3. The molecule has 1 aliphatic heterocycles. The molecule has 7 nitrogen and oxygen atoms in total. The van der Waals surface area contributed by atoms with E-state index in [1.807, 2.05) is 24.0 Å². The summed E-state index contributed by atoms with van der Waals surface area (Å²) in [5, 5.41) is 15.6. The van der Waals surface area contributed by atoms with Crippen LogP contribution in [0.2, 0.25) is 0 Å². The predicted molar refractivity (Wildman–Crippen MR) is 127 cm³/mol. The lowest BCUT2D eigenvalue weighted by molar-refractivity contribution is 0.0696. The summed E-state index contributed by atoms with van der Waals surface area (Å²) in [5.41, 5.74) is 2.76. The molecule has 0 spiro atoms. The number of anilines is 2. The van der Waals surface area contributed by atoms with E-state index >= 15 is 0 Å². The maximum atomic E-state index is 13.4. The maximum absolute atomic E-state index is 13.4. The number of amides is 1. The Morgan fingerprint density at radius 1 is 1.12 bits per heavy atom. The van der Waals surface area contributed by atoms with Crippen LogP contribution in [0.5, 0.6) is 0 Å². The fraction of sp³-hybridized carbons (Fsp3) is 0.269. The molecular weight excluding hydrogens is 435 g/mol. The first kappa shape index (κ1) is 21.9. The van der Waals surface area contributed by atoms with Gasteiger partial charge in [-0.25, -0.2) is 14.2 Å². The molecule has 174 valence electrons. The Balaban J connectivity index is 1.29. The van der Waals surface area contributed by atoms with E-state index in [0.29, 0.717) is 24.5 Å². The second-order valence-electron chi connectivity index (χ2n) is 9.06. The summed E-state index contributed by atoms with van der Waals surface area (Å²) in [6, 6.07) is 15.0. The van der Waals surface area contributed by atoms with Crippen molar-refractivity contribution in [2.75, 3.05) is 23.3 Å². The molecule has 0 bridgehead atoms. The van der Waals surface area contributed by atoms with Gasteiger partial charge in [-0.1, -0.05) is 18.2 Å². The molecule has 1 aromatic heterocycles. The normalized spacial score (nSPS) is 16.5. The highest BCUT2D eigenvalue weighted by Crippen LogP contribution is 2.46. The lowest BCUT2D eigenvalue weighted by Gasteiger charge is -2.41. The van der Waals surface area contributed by atoms with E-state index in [-0.39, 0.29) is 23.3 Å². The van der Waals surface area contributed by atoms with Gasteiger partial charge in [0.1, 0.15) is 11.6 Å². The largest absolute Gasteiger partial charge is 0.478 e. The van der Waals surface area contributed by atoms with E-state index in [0.717, 1.165) is 29.7 Å². The standard InChI is InChI=1S/C26H25FN4O3/c1-16-11-22(24(32)30-26(9-10-26)18-7-5-17(6-8-18)25(33)34)23(28-13-16)31-14-21(15-31)29-20-4-2-3-19(27)12-20/h2-8,11-13,21,29H,9-10,14-15H2,1H3,(H,30,32)(H,33,34). The number of hydrogen-bond donors (Lipinski definition) is 3. The quantitative estimate of drug-likeness (QED) is 0.494. The van der Waals surface area contributed by atoms with Gasteiger partial charge in [0.15, 0.2) is 0 Å². The third-order valence-electron chi connectivity index (χ3n) is 6.41. The van der Waals surface area contributed by atoms with Crippen molar-refractivity contribution in [2.24, 2.45) is 0 Å². The number of pyridine rings is 1. The topological polar surface area (TPSA) is 94.6 Å². The van der Waals surface area contributed by atoms with E-state index in [1.165, 1.54) is 12.1 Å². The number of aryl methyl sites for hydroxylation is 1. The SMILES string of the molecule is Cc1cnc(N2CC(Nc3cccc(F)c3)C2)c(C(=O)NC2(c3ccc(C(=O)O)cc3)CC2)c1. The molecule has 2 fully saturated rings. The Kier molecular flexibility index (Phi) is 5.43. The number of carboxylic acids is 1. The molecule has 1 aliphatic carbocycles. The summed E-state index contributed by atoms with van der Waals surface area (Å²) in [6.07, 6.45) is 3.34. The Hall–Kier alpha value is -3.94. The van der Waals surface area contributed by atoms with Gasteiger partial charge in [0.25, 0.3) is 5.91 Å². The molecule has 1 saturated carbocycles. The Morgan fingerprint density at radius 2 is 1.85 bits per heavy atom. The van der Waals surface area contributed by atoms with Crippen LogP contribution >= 0.6 is 0 Å². The average molecular weight is 461 g/mol. The van der Waals surface area contributed by atoms with Gasteiger partial charge in [0.2, 0.25) is 0 Å². The minimum Gasteiger partial charge on any atom is -0.478 e. The van der Waals surface area contributed by atoms with E-state index in [9.17, 15) is 14.0 Å². The lowest BCUT2D eigenvalue weighted by atomic mass is 10.0. The van der Waals surface area contributed by atoms with E-state index < -0.39 is 11.5 Å². The van der Waals surface area contributed by atoms with Gasteiger partial charge in [0.05, 0.1) is 22.7 Å². The van der Waals surface area contributed by atoms with Crippen LogP contribution in [-0.2, 0) is 5.54 Å². The van der Waals surface area contributed by atoms with Gasteiger partial charge >= 0.3 is 5.97 Å². The van der Waals surface area contributed by atoms with Crippen LogP contribution in [0.1, 0.15) is 44.7 Å². The zero-order chi connectivity index (χ0) is 23.9. The van der Waals surface area contributed by atoms with Crippen molar-refractivity contribution in [1.82, 2.24) is 10.3 Å². The molecule has 1 saturated heterocycles. The van der Waals surface area contributed by atoms with E-state index in [2.05, 4.69) is 15.6 Å². The number of halogens is 1. The molecule has 0 radical (unpaired) electrons. The third kappa shape index (κ3) is 4.31. The molecule has 0 atom stereocenters. The van der Waals surface area contributed by atoms with Crippen LogP contribution in [-0.4, -0.2) is 41.1 Å². The van der Waals surface area contributed by atoms with Crippen molar-refractivity contribution in [1.29, 1.82) is 0 Å². The van der Waals surface area contributed by atoms with Crippen LogP contribution in [0.4, 0.5) is 15.9 Å². The zero-order valence-electron chi connectivity index (χ0n) is 18.7. The van der Waals surface area contributed by atoms with Crippen LogP contribution in [0.3, 0.4) is 0 Å². The number of aromatic nitrogens is 1. The summed E-state index contributed by atoms with van der Waals surface area (Å²) >= 11 is 0. The smallest absolute Gasteiger partial charge is 0.335 e. The number of nitrogens with one attached hydrogen (secondary N) is 2. The fourth-order valence-corrected chi connectivity index (χ4v) is 4.37. The van der Waals surface area contributed by atoms with Crippen LogP contribution < -0.4 is 15.5 Å². The van der Waals surface area contributed by atoms with Gasteiger partial charge in [-0.3, -0.25) is 4.79 Å². The summed E-state index contributed by atoms with van der Waals surface area (Å²) < 4.78 is 13.4. The molecule has 1 amide bonds. The zero-order valence-corrected chi connectivity index (χ0v) is 18.7. The molecule has 3 N–H and O–H groups in total. The molecule has 3 aromatic rings. The van der Waals surface area contributed by atoms with Gasteiger partial charge < -0.3 is 20.6 Å². The number of benzene rings is 2. The molecule has 2 aromatic carbocycles. The first-order chi connectivity index (χ1) is 16.3. The maximum Gasteiger partial charge on any atom is 0.335 e. The van der Waals surface area contributed by atoms with Gasteiger partial charge in [-0.2, -0.15) is 0 Å². The number of rotatable bonds is 7. The van der Waals surface area contributed by atoms with Crippen molar-refractivity contribution in [3.05, 3.63) is 88.9 Å². The average Bonchev–Trinajstić information content (AvgIpc) is 3.57. The number of hydrogen-bond acceptors (Lipinski definition) is 5. The third-order valence-corrected chi connectivity index (χ3v) is 6.41. The van der Waals surface area contributed by atoms with Crippen molar-refractivity contribution < 1.29 is 19.1 Å². The van der Waals surface area contributed by atoms with Crippen molar-refractivity contribution in [3.8, 4) is 0 Å². The van der Waals surface area contributed by atoms with Gasteiger partial charge in [-0.15, -0.1) is 0 Å². The monoisotopic (exact) mass is 460 g/mol.